The highest BCUT2D eigenvalue weighted by Gasteiger charge is 2.33. The van der Waals surface area contributed by atoms with Gasteiger partial charge in [-0.25, -0.2) is 10.2 Å². The first-order valence-electron chi connectivity index (χ1n) is 6.60. The van der Waals surface area contributed by atoms with Gasteiger partial charge in [0.05, 0.1) is 16.8 Å². The summed E-state index contributed by atoms with van der Waals surface area (Å²) in [5, 5.41) is 11.5. The summed E-state index contributed by atoms with van der Waals surface area (Å²) in [5.74, 6) is -1.13. The van der Waals surface area contributed by atoms with E-state index >= 15 is 0 Å². The molecule has 2 aromatic carbocycles. The molecular weight excluding hydrogens is 327 g/mol. The van der Waals surface area contributed by atoms with Crippen LogP contribution in [-0.2, 0) is 6.18 Å². The molecule has 4 N–H and O–H groups in total. The number of carbonyl (C=O) groups excluding carboxylic acids is 2. The molecule has 0 aliphatic heterocycles. The van der Waals surface area contributed by atoms with Gasteiger partial charge in [-0.05, 0) is 24.3 Å². The fraction of sp³-hybridized carbons (Fsp3) is 0.0667. The maximum absolute atomic E-state index is 12.8. The average Bonchev–Trinajstić information content (AvgIpc) is 2.52. The summed E-state index contributed by atoms with van der Waals surface area (Å²) in [6.45, 7) is 0. The zero-order valence-electron chi connectivity index (χ0n) is 12.0. The van der Waals surface area contributed by atoms with E-state index in [0.29, 0.717) is 0 Å². The minimum Gasteiger partial charge on any atom is -0.507 e. The Balaban J connectivity index is 2.00. The molecule has 6 nitrogen and oxygen atoms in total. The number of carbonyl (C=O) groups is 2. The Morgan fingerprint density at radius 1 is 0.917 bits per heavy atom. The summed E-state index contributed by atoms with van der Waals surface area (Å²) >= 11 is 0. The monoisotopic (exact) mass is 339 g/mol. The summed E-state index contributed by atoms with van der Waals surface area (Å²) in [6, 6.07) is 8.91. The highest BCUT2D eigenvalue weighted by molar-refractivity contribution is 5.99. The van der Waals surface area contributed by atoms with Gasteiger partial charge in [-0.15, -0.1) is 0 Å². The van der Waals surface area contributed by atoms with Gasteiger partial charge in [0, 0.05) is 0 Å². The molecule has 0 saturated heterocycles. The van der Waals surface area contributed by atoms with Crippen LogP contribution in [0.2, 0.25) is 0 Å². The largest absolute Gasteiger partial charge is 0.507 e. The van der Waals surface area contributed by atoms with E-state index < -0.39 is 29.4 Å². The normalized spacial score (nSPS) is 10.8. The lowest BCUT2D eigenvalue weighted by Crippen LogP contribution is -2.44. The third-order valence-corrected chi connectivity index (χ3v) is 2.92. The molecule has 0 atom stereocenters. The van der Waals surface area contributed by atoms with E-state index in [1.807, 2.05) is 16.2 Å². The molecule has 0 aliphatic rings. The predicted octanol–water partition coefficient (Wildman–Crippen LogP) is 2.88. The number of hydrogen-bond acceptors (Lipinski definition) is 3. The third-order valence-electron chi connectivity index (χ3n) is 2.92. The highest BCUT2D eigenvalue weighted by atomic mass is 19.4. The number of anilines is 1. The number of nitrogens with one attached hydrogen (secondary N) is 3. The van der Waals surface area contributed by atoms with Gasteiger partial charge in [-0.3, -0.25) is 10.2 Å². The van der Waals surface area contributed by atoms with Crippen LogP contribution < -0.4 is 16.2 Å². The van der Waals surface area contributed by atoms with E-state index in [9.17, 15) is 27.9 Å². The number of phenols is 1. The Hall–Kier alpha value is -3.23. The molecule has 0 aromatic heterocycles. The van der Waals surface area contributed by atoms with E-state index in [2.05, 4.69) is 0 Å². The lowest BCUT2D eigenvalue weighted by molar-refractivity contribution is -0.136. The van der Waals surface area contributed by atoms with Crippen molar-refractivity contribution in [1.29, 1.82) is 0 Å². The van der Waals surface area contributed by atoms with Crippen LogP contribution in [0.15, 0.2) is 48.5 Å². The van der Waals surface area contributed by atoms with Gasteiger partial charge < -0.3 is 10.4 Å². The zero-order valence-corrected chi connectivity index (χ0v) is 12.0. The van der Waals surface area contributed by atoms with E-state index in [1.54, 1.807) is 0 Å². The number of urea groups is 1. The second-order valence-electron chi connectivity index (χ2n) is 4.59. The van der Waals surface area contributed by atoms with Crippen LogP contribution in [0.4, 0.5) is 23.7 Å². The number of halogens is 3. The molecule has 0 saturated carbocycles. The van der Waals surface area contributed by atoms with Crippen molar-refractivity contribution in [3.63, 3.8) is 0 Å². The molecule has 3 amide bonds. The number of amides is 3. The van der Waals surface area contributed by atoms with Crippen molar-refractivity contribution in [2.24, 2.45) is 0 Å². The standard InChI is InChI=1S/C15H12F3N3O3/c16-15(17,18)10-6-2-3-7-11(10)19-14(24)21-20-13(23)9-5-1-4-8-12(9)22/h1-8,22H,(H,20,23)(H2,19,21,24). The first-order valence-corrected chi connectivity index (χ1v) is 6.60. The minimum atomic E-state index is -4.64. The molecule has 0 aliphatic carbocycles. The van der Waals surface area contributed by atoms with Crippen molar-refractivity contribution in [2.75, 3.05) is 5.32 Å². The van der Waals surface area contributed by atoms with Gasteiger partial charge in [-0.2, -0.15) is 13.2 Å². The van der Waals surface area contributed by atoms with Gasteiger partial charge in [0.25, 0.3) is 5.91 Å². The van der Waals surface area contributed by atoms with Crippen molar-refractivity contribution in [3.05, 3.63) is 59.7 Å². The Labute approximate surface area is 134 Å². The van der Waals surface area contributed by atoms with Gasteiger partial charge in [0.15, 0.2) is 0 Å². The molecule has 2 aromatic rings. The SMILES string of the molecule is O=C(NNC(=O)c1ccccc1O)Nc1ccccc1C(F)(F)F. The fourth-order valence-corrected chi connectivity index (χ4v) is 1.84. The number of hydrazine groups is 1. The Bertz CT molecular complexity index is 763. The van der Waals surface area contributed by atoms with Crippen LogP contribution in [0.3, 0.4) is 0 Å². The third kappa shape index (κ3) is 4.15. The average molecular weight is 339 g/mol. The molecule has 2 rings (SSSR count). The Morgan fingerprint density at radius 3 is 2.21 bits per heavy atom. The summed E-state index contributed by atoms with van der Waals surface area (Å²) in [6.07, 6.45) is -4.64. The van der Waals surface area contributed by atoms with Crippen LogP contribution in [0.5, 0.6) is 5.75 Å². The van der Waals surface area contributed by atoms with E-state index in [-0.39, 0.29) is 11.3 Å². The number of benzene rings is 2. The Morgan fingerprint density at radius 2 is 1.54 bits per heavy atom. The molecule has 126 valence electrons. The minimum absolute atomic E-state index is 0.103. The van der Waals surface area contributed by atoms with E-state index in [0.717, 1.165) is 12.1 Å². The molecule has 24 heavy (non-hydrogen) atoms. The van der Waals surface area contributed by atoms with Crippen LogP contribution >= 0.6 is 0 Å². The molecule has 9 heteroatoms. The first kappa shape index (κ1) is 17.1. The van der Waals surface area contributed by atoms with Crippen molar-refractivity contribution in [2.45, 2.75) is 6.18 Å². The van der Waals surface area contributed by atoms with Crippen molar-refractivity contribution in [1.82, 2.24) is 10.9 Å². The second kappa shape index (κ2) is 6.90. The smallest absolute Gasteiger partial charge is 0.418 e. The van der Waals surface area contributed by atoms with Crippen molar-refractivity contribution in [3.8, 4) is 5.75 Å². The van der Waals surface area contributed by atoms with Crippen LogP contribution in [0.25, 0.3) is 0 Å². The molecule has 0 spiro atoms. The van der Waals surface area contributed by atoms with Gasteiger partial charge in [-0.1, -0.05) is 24.3 Å². The molecule has 0 radical (unpaired) electrons. The summed E-state index contributed by atoms with van der Waals surface area (Å²) in [4.78, 5) is 23.4. The molecule has 0 heterocycles. The molecule has 0 fully saturated rings. The quantitative estimate of drug-likeness (QED) is 0.634. The number of para-hydroxylation sites is 2. The number of phenolic OH excluding ortho intramolecular Hbond substituents is 1. The number of rotatable bonds is 2. The second-order valence-corrected chi connectivity index (χ2v) is 4.59. The zero-order chi connectivity index (χ0) is 17.7. The van der Waals surface area contributed by atoms with Crippen molar-refractivity contribution < 1.29 is 27.9 Å². The lowest BCUT2D eigenvalue weighted by atomic mass is 10.1. The number of hydrogen-bond donors (Lipinski definition) is 4. The number of aromatic hydroxyl groups is 1. The highest BCUT2D eigenvalue weighted by Crippen LogP contribution is 2.34. The summed E-state index contributed by atoms with van der Waals surface area (Å²) in [5.41, 5.74) is 2.30. The van der Waals surface area contributed by atoms with Gasteiger partial charge in [0.1, 0.15) is 5.75 Å². The summed E-state index contributed by atoms with van der Waals surface area (Å²) in [7, 11) is 0. The van der Waals surface area contributed by atoms with E-state index in [1.165, 1.54) is 36.4 Å². The molecule has 0 unspecified atom stereocenters. The predicted molar refractivity (Wildman–Crippen MR) is 79.2 cm³/mol. The van der Waals surface area contributed by atoms with Crippen LogP contribution in [-0.4, -0.2) is 17.0 Å². The van der Waals surface area contributed by atoms with Gasteiger partial charge >= 0.3 is 12.2 Å². The lowest BCUT2D eigenvalue weighted by Gasteiger charge is -2.14. The van der Waals surface area contributed by atoms with E-state index in [4.69, 9.17) is 0 Å². The number of alkyl halides is 3. The summed E-state index contributed by atoms with van der Waals surface area (Å²) < 4.78 is 38.4. The molecular formula is C15H12F3N3O3. The molecule has 0 bridgehead atoms. The Kier molecular flexibility index (Phi) is 4.93. The van der Waals surface area contributed by atoms with Gasteiger partial charge in [0.2, 0.25) is 0 Å². The van der Waals surface area contributed by atoms with Crippen molar-refractivity contribution >= 4 is 17.6 Å². The first-order chi connectivity index (χ1) is 11.3. The maximum Gasteiger partial charge on any atom is 0.418 e. The van der Waals surface area contributed by atoms with Crippen LogP contribution in [0.1, 0.15) is 15.9 Å². The fourth-order valence-electron chi connectivity index (χ4n) is 1.84. The van der Waals surface area contributed by atoms with Crippen LogP contribution in [0, 0.1) is 0 Å². The topological polar surface area (TPSA) is 90.5 Å². The maximum atomic E-state index is 12.8.